The number of benzene rings is 1. The average Bonchev–Trinajstić information content (AvgIpc) is 3.00. The molecule has 0 bridgehead atoms. The smallest absolute Gasteiger partial charge is 0.138 e. The number of nitrogens with one attached hydrogen (secondary N) is 1. The lowest BCUT2D eigenvalue weighted by Gasteiger charge is -2.24. The minimum atomic E-state index is -0.00547. The second kappa shape index (κ2) is 8.34. The third-order valence-electron chi connectivity index (χ3n) is 5.02. The fourth-order valence-electron chi connectivity index (χ4n) is 3.36. The van der Waals surface area contributed by atoms with Crippen molar-refractivity contribution in [2.75, 3.05) is 11.9 Å². The first-order chi connectivity index (χ1) is 14.0. The molecule has 7 heteroatoms. The van der Waals surface area contributed by atoms with Gasteiger partial charge in [0.05, 0.1) is 11.9 Å². The van der Waals surface area contributed by atoms with Crippen LogP contribution in [0, 0.1) is 13.8 Å². The van der Waals surface area contributed by atoms with Crippen LogP contribution in [0.4, 0.5) is 5.82 Å². The Balaban J connectivity index is 1.62. The maximum Gasteiger partial charge on any atom is 0.138 e. The minimum absolute atomic E-state index is 0.00547. The summed E-state index contributed by atoms with van der Waals surface area (Å²) in [5.74, 6) is 1.67. The Hall–Kier alpha value is -2.08. The maximum atomic E-state index is 6.43. The molecule has 0 amide bonds. The predicted molar refractivity (Wildman–Crippen MR) is 123 cm³/mol. The van der Waals surface area contributed by atoms with Gasteiger partial charge in [-0.3, -0.25) is 0 Å². The molecule has 1 aromatic carbocycles. The van der Waals surface area contributed by atoms with Crippen molar-refractivity contribution in [2.24, 2.45) is 0 Å². The Morgan fingerprint density at radius 2 is 2.03 bits per heavy atom. The summed E-state index contributed by atoms with van der Waals surface area (Å²) in [6.45, 7) is 6.84. The minimum Gasteiger partial charge on any atom is -0.489 e. The van der Waals surface area contributed by atoms with Crippen LogP contribution in [0.15, 0.2) is 42.4 Å². The number of hydrogen-bond acceptors (Lipinski definition) is 5. The van der Waals surface area contributed by atoms with Crippen molar-refractivity contribution in [1.29, 1.82) is 0 Å². The fraction of sp³-hybridized carbons (Fsp3) is 0.273. The van der Waals surface area contributed by atoms with Crippen molar-refractivity contribution in [1.82, 2.24) is 9.97 Å². The second-order valence-corrected chi connectivity index (χ2v) is 9.01. The Labute approximate surface area is 184 Å². The van der Waals surface area contributed by atoms with Gasteiger partial charge < -0.3 is 10.1 Å². The van der Waals surface area contributed by atoms with Gasteiger partial charge in [0.25, 0.3) is 0 Å². The molecule has 3 heterocycles. The van der Waals surface area contributed by atoms with E-state index in [0.717, 1.165) is 39.4 Å². The van der Waals surface area contributed by atoms with Gasteiger partial charge in [-0.05, 0) is 55.7 Å². The number of aromatic nitrogens is 2. The van der Waals surface area contributed by atoms with Crippen LogP contribution in [-0.2, 0) is 4.74 Å². The molecule has 0 spiro atoms. The number of allylic oxidation sites excluding steroid dienone is 2. The first-order valence-corrected chi connectivity index (χ1v) is 11.0. The highest BCUT2D eigenvalue weighted by molar-refractivity contribution is 7.18. The van der Waals surface area contributed by atoms with Crippen molar-refractivity contribution in [3.05, 3.63) is 68.5 Å². The number of halogens is 2. The van der Waals surface area contributed by atoms with Gasteiger partial charge in [0.2, 0.25) is 0 Å². The van der Waals surface area contributed by atoms with Crippen LogP contribution in [0.25, 0.3) is 15.8 Å². The van der Waals surface area contributed by atoms with Crippen LogP contribution in [0.2, 0.25) is 10.0 Å². The first kappa shape index (κ1) is 20.2. The summed E-state index contributed by atoms with van der Waals surface area (Å²) in [6.07, 6.45) is 6.59. The highest BCUT2D eigenvalue weighted by atomic mass is 35.5. The zero-order chi connectivity index (χ0) is 20.5. The van der Waals surface area contributed by atoms with Crippen molar-refractivity contribution >= 4 is 56.1 Å². The summed E-state index contributed by atoms with van der Waals surface area (Å²) in [5.41, 5.74) is 3.20. The Morgan fingerprint density at radius 1 is 1.21 bits per heavy atom. The summed E-state index contributed by atoms with van der Waals surface area (Å²) in [5, 5.41) is 5.77. The highest BCUT2D eigenvalue weighted by Gasteiger charge is 2.18. The normalized spacial score (nSPS) is 16.4. The first-order valence-electron chi connectivity index (χ1n) is 9.45. The van der Waals surface area contributed by atoms with E-state index in [1.165, 1.54) is 10.4 Å². The molecule has 0 aliphatic carbocycles. The lowest BCUT2D eigenvalue weighted by Crippen LogP contribution is -2.18. The van der Waals surface area contributed by atoms with Gasteiger partial charge in [-0.1, -0.05) is 36.2 Å². The van der Waals surface area contributed by atoms with Gasteiger partial charge in [-0.15, -0.1) is 11.3 Å². The van der Waals surface area contributed by atoms with E-state index in [-0.39, 0.29) is 6.10 Å². The molecule has 4 rings (SSSR count). The van der Waals surface area contributed by atoms with E-state index in [0.29, 0.717) is 16.6 Å². The number of anilines is 1. The van der Waals surface area contributed by atoms with E-state index in [9.17, 15) is 0 Å². The molecule has 1 unspecified atom stereocenters. The molecule has 29 heavy (non-hydrogen) atoms. The van der Waals surface area contributed by atoms with E-state index in [2.05, 4.69) is 42.1 Å². The Bertz CT molecular complexity index is 1140. The number of fused-ring (bicyclic) bond motifs is 1. The van der Waals surface area contributed by atoms with Crippen LogP contribution >= 0.6 is 34.5 Å². The third kappa shape index (κ3) is 4.13. The lowest BCUT2D eigenvalue weighted by atomic mass is 10.00. The monoisotopic (exact) mass is 445 g/mol. The van der Waals surface area contributed by atoms with Gasteiger partial charge in [0, 0.05) is 20.5 Å². The highest BCUT2D eigenvalue weighted by Crippen LogP contribution is 2.34. The molecular formula is C22H21Cl2N3OS. The van der Waals surface area contributed by atoms with Crippen LogP contribution in [0.1, 0.15) is 29.3 Å². The molecule has 0 saturated carbocycles. The SMILES string of the molecule is CCC1C=C(c2ccc(Cl)cc2Cl)C=C(CNc2ncnc3sc(C)c(C)c23)O1. The molecule has 4 nitrogen and oxygen atoms in total. The largest absolute Gasteiger partial charge is 0.489 e. The summed E-state index contributed by atoms with van der Waals surface area (Å²) < 4.78 is 6.13. The number of hydrogen-bond donors (Lipinski definition) is 1. The summed E-state index contributed by atoms with van der Waals surface area (Å²) in [6, 6.07) is 5.56. The van der Waals surface area contributed by atoms with Crippen LogP contribution < -0.4 is 5.32 Å². The van der Waals surface area contributed by atoms with Crippen molar-refractivity contribution in [2.45, 2.75) is 33.3 Å². The quantitative estimate of drug-likeness (QED) is 0.468. The molecule has 2 aromatic heterocycles. The molecule has 1 aliphatic rings. The van der Waals surface area contributed by atoms with E-state index in [1.54, 1.807) is 23.7 Å². The summed E-state index contributed by atoms with van der Waals surface area (Å²) >= 11 is 14.2. The van der Waals surface area contributed by atoms with Gasteiger partial charge >= 0.3 is 0 Å². The van der Waals surface area contributed by atoms with Gasteiger partial charge in [0.15, 0.2) is 0 Å². The molecule has 1 atom stereocenters. The van der Waals surface area contributed by atoms with E-state index < -0.39 is 0 Å². The topological polar surface area (TPSA) is 47.0 Å². The summed E-state index contributed by atoms with van der Waals surface area (Å²) in [4.78, 5) is 11.1. The molecule has 1 N–H and O–H groups in total. The summed E-state index contributed by atoms with van der Waals surface area (Å²) in [7, 11) is 0. The molecule has 3 aromatic rings. The molecule has 0 fully saturated rings. The number of ether oxygens (including phenoxy) is 1. The van der Waals surface area contributed by atoms with Gasteiger partial charge in [0.1, 0.15) is 28.8 Å². The van der Waals surface area contributed by atoms with Crippen LogP contribution in [0.5, 0.6) is 0 Å². The number of thiophene rings is 1. The number of aryl methyl sites for hydroxylation is 2. The fourth-order valence-corrected chi connectivity index (χ4v) is 4.87. The van der Waals surface area contributed by atoms with Crippen molar-refractivity contribution < 1.29 is 4.74 Å². The van der Waals surface area contributed by atoms with Crippen LogP contribution in [0.3, 0.4) is 0 Å². The van der Waals surface area contributed by atoms with Gasteiger partial charge in [-0.2, -0.15) is 0 Å². The molecule has 150 valence electrons. The Kier molecular flexibility index (Phi) is 5.81. The van der Waals surface area contributed by atoms with E-state index >= 15 is 0 Å². The standard InChI is InChI=1S/C22H21Cl2N3OS/c1-4-16-7-14(18-6-5-15(23)9-19(18)24)8-17(28-16)10-25-21-20-12(2)13(3)29-22(20)27-11-26-21/h5-9,11,16H,4,10H2,1-3H3,(H,25,26,27). The Morgan fingerprint density at radius 3 is 2.79 bits per heavy atom. The van der Waals surface area contributed by atoms with Crippen molar-refractivity contribution in [3.63, 3.8) is 0 Å². The average molecular weight is 446 g/mol. The predicted octanol–water partition coefficient (Wildman–Crippen LogP) is 6.80. The van der Waals surface area contributed by atoms with E-state index in [1.807, 2.05) is 18.2 Å². The van der Waals surface area contributed by atoms with E-state index in [4.69, 9.17) is 27.9 Å². The molecule has 1 aliphatic heterocycles. The lowest BCUT2D eigenvalue weighted by molar-refractivity contribution is 0.148. The number of nitrogens with zero attached hydrogens (tertiary/aromatic N) is 2. The third-order valence-corrected chi connectivity index (χ3v) is 6.69. The number of rotatable bonds is 5. The van der Waals surface area contributed by atoms with Crippen molar-refractivity contribution in [3.8, 4) is 0 Å². The second-order valence-electron chi connectivity index (χ2n) is 6.96. The molecular weight excluding hydrogens is 425 g/mol. The molecule has 0 saturated heterocycles. The zero-order valence-corrected chi connectivity index (χ0v) is 18.8. The maximum absolute atomic E-state index is 6.43. The zero-order valence-electron chi connectivity index (χ0n) is 16.4. The van der Waals surface area contributed by atoms with Crippen LogP contribution in [-0.4, -0.2) is 22.6 Å². The molecule has 0 radical (unpaired) electrons. The van der Waals surface area contributed by atoms with Gasteiger partial charge in [-0.25, -0.2) is 9.97 Å².